The highest BCUT2D eigenvalue weighted by molar-refractivity contribution is 5.88. The largest absolute Gasteiger partial charge is 0.369 e. The number of aromatic nitrogens is 1. The van der Waals surface area contributed by atoms with Gasteiger partial charge in [0.05, 0.1) is 5.92 Å². The molecular weight excluding hydrogens is 206 g/mol. The van der Waals surface area contributed by atoms with Crippen LogP contribution in [0.15, 0.2) is 24.5 Å². The van der Waals surface area contributed by atoms with E-state index in [1.807, 2.05) is 12.1 Å². The van der Waals surface area contributed by atoms with Gasteiger partial charge in [0, 0.05) is 31.9 Å². The Morgan fingerprint density at radius 1 is 1.62 bits per heavy atom. The lowest BCUT2D eigenvalue weighted by molar-refractivity contribution is -0.128. The van der Waals surface area contributed by atoms with Crippen molar-refractivity contribution >= 4 is 11.8 Å². The van der Waals surface area contributed by atoms with Gasteiger partial charge in [0.15, 0.2) is 0 Å². The molecule has 0 radical (unpaired) electrons. The van der Waals surface area contributed by atoms with Crippen molar-refractivity contribution in [1.82, 2.24) is 9.88 Å². The zero-order chi connectivity index (χ0) is 11.5. The maximum atomic E-state index is 11.6. The van der Waals surface area contributed by atoms with Gasteiger partial charge in [0.25, 0.3) is 0 Å². The van der Waals surface area contributed by atoms with E-state index in [0.717, 1.165) is 5.56 Å². The fraction of sp³-hybridized carbons (Fsp3) is 0.364. The quantitative estimate of drug-likeness (QED) is 0.772. The van der Waals surface area contributed by atoms with Crippen molar-refractivity contribution in [2.45, 2.75) is 13.0 Å². The summed E-state index contributed by atoms with van der Waals surface area (Å²) in [7, 11) is 0. The van der Waals surface area contributed by atoms with E-state index in [2.05, 4.69) is 4.98 Å². The Morgan fingerprint density at radius 2 is 2.44 bits per heavy atom. The Hall–Kier alpha value is -1.91. The molecule has 16 heavy (non-hydrogen) atoms. The number of carbonyl (C=O) groups is 2. The van der Waals surface area contributed by atoms with Crippen molar-refractivity contribution in [3.05, 3.63) is 30.1 Å². The smallest absolute Gasteiger partial charge is 0.223 e. The average molecular weight is 219 g/mol. The molecule has 84 valence electrons. The molecule has 1 atom stereocenters. The molecule has 0 aromatic carbocycles. The number of nitrogens with two attached hydrogens (primary N) is 1. The first-order valence-electron chi connectivity index (χ1n) is 5.13. The minimum Gasteiger partial charge on any atom is -0.369 e. The Balaban J connectivity index is 2.02. The molecule has 2 rings (SSSR count). The molecule has 0 bridgehead atoms. The molecule has 1 fully saturated rings. The molecule has 0 unspecified atom stereocenters. The second kappa shape index (κ2) is 4.30. The van der Waals surface area contributed by atoms with E-state index in [1.165, 1.54) is 0 Å². The minimum absolute atomic E-state index is 0.0207. The predicted molar refractivity (Wildman–Crippen MR) is 57.0 cm³/mol. The van der Waals surface area contributed by atoms with Gasteiger partial charge < -0.3 is 10.6 Å². The first-order chi connectivity index (χ1) is 7.66. The van der Waals surface area contributed by atoms with E-state index < -0.39 is 5.91 Å². The van der Waals surface area contributed by atoms with Gasteiger partial charge in [-0.25, -0.2) is 0 Å². The van der Waals surface area contributed by atoms with E-state index >= 15 is 0 Å². The second-order valence-corrected chi connectivity index (χ2v) is 3.94. The molecule has 0 spiro atoms. The molecule has 2 amide bonds. The number of rotatable bonds is 3. The third-order valence-electron chi connectivity index (χ3n) is 2.71. The van der Waals surface area contributed by atoms with E-state index in [0.29, 0.717) is 13.1 Å². The summed E-state index contributed by atoms with van der Waals surface area (Å²) in [6.45, 7) is 0.916. The predicted octanol–water partition coefficient (Wildman–Crippen LogP) is -0.0846. The zero-order valence-electron chi connectivity index (χ0n) is 8.80. The van der Waals surface area contributed by atoms with Crippen LogP contribution in [0.1, 0.15) is 12.0 Å². The number of nitrogens with zero attached hydrogens (tertiary/aromatic N) is 2. The molecule has 1 aromatic rings. The molecule has 1 aliphatic heterocycles. The number of amides is 2. The summed E-state index contributed by atoms with van der Waals surface area (Å²) in [5.41, 5.74) is 6.14. The van der Waals surface area contributed by atoms with E-state index in [1.54, 1.807) is 17.3 Å². The van der Waals surface area contributed by atoms with Crippen LogP contribution in [0.2, 0.25) is 0 Å². The van der Waals surface area contributed by atoms with Gasteiger partial charge in [0.2, 0.25) is 11.8 Å². The monoisotopic (exact) mass is 219 g/mol. The Labute approximate surface area is 93.3 Å². The van der Waals surface area contributed by atoms with Crippen LogP contribution < -0.4 is 5.73 Å². The molecule has 1 aliphatic rings. The average Bonchev–Trinajstić information content (AvgIpc) is 2.62. The number of hydrogen-bond donors (Lipinski definition) is 1. The summed E-state index contributed by atoms with van der Waals surface area (Å²) in [6, 6.07) is 3.72. The summed E-state index contributed by atoms with van der Waals surface area (Å²) in [6.07, 6.45) is 3.63. The molecule has 0 aliphatic carbocycles. The first kappa shape index (κ1) is 10.6. The summed E-state index contributed by atoms with van der Waals surface area (Å²) >= 11 is 0. The number of pyridine rings is 1. The Bertz CT molecular complexity index is 405. The van der Waals surface area contributed by atoms with E-state index in [9.17, 15) is 9.59 Å². The van der Waals surface area contributed by atoms with Crippen LogP contribution in [-0.4, -0.2) is 28.2 Å². The van der Waals surface area contributed by atoms with Gasteiger partial charge in [-0.1, -0.05) is 6.07 Å². The summed E-state index contributed by atoms with van der Waals surface area (Å²) in [5.74, 6) is -0.765. The lowest BCUT2D eigenvalue weighted by Crippen LogP contribution is -2.28. The topological polar surface area (TPSA) is 76.3 Å². The Morgan fingerprint density at radius 3 is 3.00 bits per heavy atom. The zero-order valence-corrected chi connectivity index (χ0v) is 8.80. The van der Waals surface area contributed by atoms with Gasteiger partial charge in [-0.2, -0.15) is 0 Å². The van der Waals surface area contributed by atoms with Crippen molar-refractivity contribution in [3.8, 4) is 0 Å². The fourth-order valence-corrected chi connectivity index (χ4v) is 1.83. The summed E-state index contributed by atoms with van der Waals surface area (Å²) in [5, 5.41) is 0. The lowest BCUT2D eigenvalue weighted by atomic mass is 10.1. The van der Waals surface area contributed by atoms with Crippen LogP contribution >= 0.6 is 0 Å². The normalized spacial score (nSPS) is 20.1. The van der Waals surface area contributed by atoms with Gasteiger partial charge in [-0.05, 0) is 11.6 Å². The first-order valence-corrected chi connectivity index (χ1v) is 5.13. The Kier molecular flexibility index (Phi) is 2.85. The molecule has 5 nitrogen and oxygen atoms in total. The van der Waals surface area contributed by atoms with Gasteiger partial charge in [-0.15, -0.1) is 0 Å². The van der Waals surface area contributed by atoms with E-state index in [4.69, 9.17) is 5.73 Å². The van der Waals surface area contributed by atoms with Gasteiger partial charge >= 0.3 is 0 Å². The summed E-state index contributed by atoms with van der Waals surface area (Å²) < 4.78 is 0. The standard InChI is InChI=1S/C11H13N3O2/c12-11(16)9-4-10(15)14(7-9)6-8-2-1-3-13-5-8/h1-3,5,9H,4,6-7H2,(H2,12,16)/t9-/m0/s1. The molecule has 0 saturated carbocycles. The lowest BCUT2D eigenvalue weighted by Gasteiger charge is -2.15. The van der Waals surface area contributed by atoms with Crippen molar-refractivity contribution in [2.75, 3.05) is 6.54 Å². The number of hydrogen-bond acceptors (Lipinski definition) is 3. The van der Waals surface area contributed by atoms with Gasteiger partial charge in [0.1, 0.15) is 0 Å². The molecule has 1 saturated heterocycles. The van der Waals surface area contributed by atoms with E-state index in [-0.39, 0.29) is 18.2 Å². The molecule has 5 heteroatoms. The van der Waals surface area contributed by atoms with Crippen LogP contribution in [0, 0.1) is 5.92 Å². The SMILES string of the molecule is NC(=O)[C@H]1CC(=O)N(Cc2cccnc2)C1. The summed E-state index contributed by atoms with van der Waals surface area (Å²) in [4.78, 5) is 28.2. The number of primary amides is 1. The van der Waals surface area contributed by atoms with Crippen LogP contribution in [0.4, 0.5) is 0 Å². The van der Waals surface area contributed by atoms with Crippen molar-refractivity contribution < 1.29 is 9.59 Å². The molecular formula is C11H13N3O2. The minimum atomic E-state index is -0.401. The third-order valence-corrected chi connectivity index (χ3v) is 2.71. The third kappa shape index (κ3) is 2.18. The molecule has 2 N–H and O–H groups in total. The molecule has 2 heterocycles. The maximum absolute atomic E-state index is 11.6. The highest BCUT2D eigenvalue weighted by atomic mass is 16.2. The highest BCUT2D eigenvalue weighted by Crippen LogP contribution is 2.19. The van der Waals surface area contributed by atoms with Gasteiger partial charge in [-0.3, -0.25) is 14.6 Å². The van der Waals surface area contributed by atoms with Crippen molar-refractivity contribution in [3.63, 3.8) is 0 Å². The van der Waals surface area contributed by atoms with Crippen molar-refractivity contribution in [2.24, 2.45) is 11.7 Å². The number of likely N-dealkylation sites (tertiary alicyclic amines) is 1. The van der Waals surface area contributed by atoms with Crippen molar-refractivity contribution in [1.29, 1.82) is 0 Å². The van der Waals surface area contributed by atoms with Crippen LogP contribution in [0.25, 0.3) is 0 Å². The van der Waals surface area contributed by atoms with Crippen LogP contribution in [0.3, 0.4) is 0 Å². The highest BCUT2D eigenvalue weighted by Gasteiger charge is 2.32. The number of carbonyl (C=O) groups excluding carboxylic acids is 2. The molecule has 1 aromatic heterocycles. The second-order valence-electron chi connectivity index (χ2n) is 3.94. The fourth-order valence-electron chi connectivity index (χ4n) is 1.83. The maximum Gasteiger partial charge on any atom is 0.223 e. The van der Waals surface area contributed by atoms with Crippen LogP contribution in [-0.2, 0) is 16.1 Å². The van der Waals surface area contributed by atoms with Crippen LogP contribution in [0.5, 0.6) is 0 Å².